The summed E-state index contributed by atoms with van der Waals surface area (Å²) in [5.74, 6) is 0.412. The molecule has 0 fully saturated rings. The van der Waals surface area contributed by atoms with E-state index in [1.165, 1.54) is 0 Å². The Morgan fingerprint density at radius 3 is 1.55 bits per heavy atom. The zero-order chi connectivity index (χ0) is 9.86. The molecule has 0 spiro atoms. The minimum absolute atomic E-state index is 0.412. The molecule has 1 atom stereocenters. The monoisotopic (exact) mass is 177 g/mol. The van der Waals surface area contributed by atoms with E-state index in [2.05, 4.69) is 6.92 Å². The number of rotatable bonds is 2. The van der Waals surface area contributed by atoms with Gasteiger partial charge in [-0.3, -0.25) is 0 Å². The zero-order valence-corrected chi connectivity index (χ0v) is 9.59. The maximum Gasteiger partial charge on any atom is 0.0755 e. The van der Waals surface area contributed by atoms with Crippen molar-refractivity contribution in [2.75, 3.05) is 0 Å². The Balaban J connectivity index is -0.000000138. The predicted octanol–water partition coefficient (Wildman–Crippen LogP) is 3.37. The molecule has 0 aliphatic carbocycles. The Labute approximate surface area is 77.4 Å². The fraction of sp³-hybridized carbons (Fsp3) is 0.889. The van der Waals surface area contributed by atoms with Gasteiger partial charge in [0.1, 0.15) is 0 Å². The topological polar surface area (TPSA) is 26.0 Å². The molecule has 0 aromatic rings. The highest BCUT2D eigenvalue weighted by molar-refractivity contribution is 7.80. The number of nitrogens with two attached hydrogens (primary N) is 1. The molecule has 2 N–H and O–H groups in total. The minimum atomic E-state index is 0.412. The van der Waals surface area contributed by atoms with E-state index in [0.717, 1.165) is 6.42 Å². The largest absolute Gasteiger partial charge is 0.393 e. The third kappa shape index (κ3) is 17.7. The summed E-state index contributed by atoms with van der Waals surface area (Å²) in [6, 6.07) is 0. The van der Waals surface area contributed by atoms with Gasteiger partial charge in [-0.05, 0) is 6.42 Å². The first-order chi connectivity index (χ1) is 5.18. The van der Waals surface area contributed by atoms with Gasteiger partial charge in [0.05, 0.1) is 4.99 Å². The molecule has 0 amide bonds. The Morgan fingerprint density at radius 1 is 1.27 bits per heavy atom. The quantitative estimate of drug-likeness (QED) is 0.654. The van der Waals surface area contributed by atoms with Crippen LogP contribution in [-0.2, 0) is 0 Å². The molecule has 0 bridgehead atoms. The second kappa shape index (κ2) is 16.5. The molecule has 0 heterocycles. The molecule has 0 radical (unpaired) electrons. The zero-order valence-electron chi connectivity index (χ0n) is 8.77. The lowest BCUT2D eigenvalue weighted by Crippen LogP contribution is -2.16. The summed E-state index contributed by atoms with van der Waals surface area (Å²) in [6.07, 6.45) is 1.05. The maximum atomic E-state index is 5.28. The second-order valence-corrected chi connectivity index (χ2v) is 2.18. The molecule has 11 heavy (non-hydrogen) atoms. The van der Waals surface area contributed by atoms with Gasteiger partial charge in [0.25, 0.3) is 0 Å². The van der Waals surface area contributed by atoms with Crippen molar-refractivity contribution < 1.29 is 0 Å². The van der Waals surface area contributed by atoms with Crippen molar-refractivity contribution in [3.8, 4) is 0 Å². The third-order valence-corrected chi connectivity index (χ3v) is 1.50. The molecule has 1 unspecified atom stereocenters. The van der Waals surface area contributed by atoms with Crippen molar-refractivity contribution in [2.24, 2.45) is 11.7 Å². The second-order valence-electron chi connectivity index (χ2n) is 1.71. The van der Waals surface area contributed by atoms with Gasteiger partial charge in [0.2, 0.25) is 0 Å². The van der Waals surface area contributed by atoms with Crippen LogP contribution in [0.1, 0.15) is 48.0 Å². The number of hydrogen-bond acceptors (Lipinski definition) is 1. The first kappa shape index (κ1) is 17.1. The minimum Gasteiger partial charge on any atom is -0.393 e. The van der Waals surface area contributed by atoms with Crippen LogP contribution in [0.15, 0.2) is 0 Å². The number of hydrogen-bond donors (Lipinski definition) is 1. The van der Waals surface area contributed by atoms with Crippen LogP contribution in [0.5, 0.6) is 0 Å². The van der Waals surface area contributed by atoms with Gasteiger partial charge in [-0.2, -0.15) is 0 Å². The molecule has 0 rings (SSSR count). The summed E-state index contributed by atoms with van der Waals surface area (Å²) in [7, 11) is 0. The Hall–Kier alpha value is -0.110. The van der Waals surface area contributed by atoms with Gasteiger partial charge >= 0.3 is 0 Å². The summed E-state index contributed by atoms with van der Waals surface area (Å²) < 4.78 is 0. The Morgan fingerprint density at radius 2 is 1.55 bits per heavy atom. The van der Waals surface area contributed by atoms with Crippen LogP contribution >= 0.6 is 12.2 Å². The fourth-order valence-electron chi connectivity index (χ4n) is 0.201. The lowest BCUT2D eigenvalue weighted by Gasteiger charge is -2.01. The van der Waals surface area contributed by atoms with Crippen LogP contribution in [0.4, 0.5) is 0 Å². The van der Waals surface area contributed by atoms with Crippen molar-refractivity contribution in [1.82, 2.24) is 0 Å². The van der Waals surface area contributed by atoms with Crippen LogP contribution in [0.3, 0.4) is 0 Å². The van der Waals surface area contributed by atoms with Gasteiger partial charge < -0.3 is 5.73 Å². The summed E-state index contributed by atoms with van der Waals surface area (Å²) in [6.45, 7) is 12.1. The first-order valence-electron chi connectivity index (χ1n) is 4.47. The molecule has 0 aliphatic heterocycles. The Kier molecular flexibility index (Phi) is 25.6. The van der Waals surface area contributed by atoms with Crippen LogP contribution in [0.2, 0.25) is 0 Å². The number of thiocarbonyl (C=S) groups is 1. The van der Waals surface area contributed by atoms with E-state index in [-0.39, 0.29) is 0 Å². The van der Waals surface area contributed by atoms with E-state index < -0.39 is 0 Å². The van der Waals surface area contributed by atoms with Gasteiger partial charge in [-0.25, -0.2) is 0 Å². The summed E-state index contributed by atoms with van der Waals surface area (Å²) in [4.78, 5) is 0.627. The van der Waals surface area contributed by atoms with Crippen molar-refractivity contribution in [2.45, 2.75) is 48.0 Å². The molecule has 1 nitrogen and oxygen atoms in total. The van der Waals surface area contributed by atoms with Crippen LogP contribution in [0, 0.1) is 5.92 Å². The SMILES string of the molecule is CC.CC.CCC(C)C(N)=S. The van der Waals surface area contributed by atoms with Crippen molar-refractivity contribution in [3.63, 3.8) is 0 Å². The summed E-state index contributed by atoms with van der Waals surface area (Å²) in [5.41, 5.74) is 5.28. The van der Waals surface area contributed by atoms with Crippen LogP contribution < -0.4 is 5.73 Å². The van der Waals surface area contributed by atoms with E-state index in [9.17, 15) is 0 Å². The lowest BCUT2D eigenvalue weighted by molar-refractivity contribution is 0.744. The Bertz CT molecular complexity index is 72.0. The van der Waals surface area contributed by atoms with E-state index >= 15 is 0 Å². The molecule has 70 valence electrons. The highest BCUT2D eigenvalue weighted by Crippen LogP contribution is 1.98. The highest BCUT2D eigenvalue weighted by atomic mass is 32.1. The van der Waals surface area contributed by atoms with Gasteiger partial charge in [-0.15, -0.1) is 0 Å². The molecule has 0 saturated carbocycles. The van der Waals surface area contributed by atoms with Gasteiger partial charge in [-0.1, -0.05) is 53.8 Å². The molecule has 0 aromatic carbocycles. The molecule has 2 heteroatoms. The smallest absolute Gasteiger partial charge is 0.0755 e. The molecular formula is C9H23NS. The normalized spacial score (nSPS) is 9.64. The molecule has 0 aliphatic rings. The third-order valence-electron chi connectivity index (χ3n) is 1.10. The van der Waals surface area contributed by atoms with Gasteiger partial charge in [0, 0.05) is 5.92 Å². The maximum absolute atomic E-state index is 5.28. The van der Waals surface area contributed by atoms with Gasteiger partial charge in [0.15, 0.2) is 0 Å². The molecule has 0 saturated heterocycles. The highest BCUT2D eigenvalue weighted by Gasteiger charge is 1.97. The fourth-order valence-corrected chi connectivity index (χ4v) is 0.368. The average molecular weight is 177 g/mol. The van der Waals surface area contributed by atoms with Crippen LogP contribution in [0.25, 0.3) is 0 Å². The van der Waals surface area contributed by atoms with E-state index in [0.29, 0.717) is 10.9 Å². The molecular weight excluding hydrogens is 154 g/mol. The van der Waals surface area contributed by atoms with E-state index in [4.69, 9.17) is 18.0 Å². The molecule has 0 aromatic heterocycles. The standard InChI is InChI=1S/C5H11NS.2C2H6/c1-3-4(2)5(6)7;2*1-2/h4H,3H2,1-2H3,(H2,6,7);2*1-2H3. The summed E-state index contributed by atoms with van der Waals surface area (Å²) >= 11 is 4.70. The van der Waals surface area contributed by atoms with E-state index in [1.54, 1.807) is 0 Å². The lowest BCUT2D eigenvalue weighted by atomic mass is 10.1. The van der Waals surface area contributed by atoms with E-state index in [1.807, 2.05) is 34.6 Å². The summed E-state index contributed by atoms with van der Waals surface area (Å²) in [5, 5.41) is 0. The first-order valence-corrected chi connectivity index (χ1v) is 4.88. The van der Waals surface area contributed by atoms with Crippen molar-refractivity contribution in [3.05, 3.63) is 0 Å². The average Bonchev–Trinajstić information content (AvgIpc) is 2.10. The van der Waals surface area contributed by atoms with Crippen molar-refractivity contribution >= 4 is 17.2 Å². The van der Waals surface area contributed by atoms with Crippen molar-refractivity contribution in [1.29, 1.82) is 0 Å². The van der Waals surface area contributed by atoms with Crippen LogP contribution in [-0.4, -0.2) is 4.99 Å². The predicted molar refractivity (Wildman–Crippen MR) is 58.9 cm³/mol.